The van der Waals surface area contributed by atoms with Crippen molar-refractivity contribution in [2.24, 2.45) is 7.05 Å². The van der Waals surface area contributed by atoms with E-state index in [0.29, 0.717) is 11.3 Å². The molecule has 1 amide bonds. The Labute approximate surface area is 220 Å². The van der Waals surface area contributed by atoms with Gasteiger partial charge in [-0.25, -0.2) is 18.0 Å². The molecule has 1 aromatic heterocycles. The van der Waals surface area contributed by atoms with E-state index in [1.54, 1.807) is 7.05 Å². The first-order chi connectivity index (χ1) is 18.7. The first-order valence-corrected chi connectivity index (χ1v) is 11.9. The van der Waals surface area contributed by atoms with Gasteiger partial charge in [0.1, 0.15) is 19.0 Å². The maximum Gasteiger partial charge on any atom is 0.335 e. The number of aryl methyl sites for hydroxylation is 1. The van der Waals surface area contributed by atoms with Crippen LogP contribution in [0.25, 0.3) is 11.3 Å². The van der Waals surface area contributed by atoms with Gasteiger partial charge >= 0.3 is 5.97 Å². The number of hydrogen-bond donors (Lipinski definition) is 1. The highest BCUT2D eigenvalue weighted by atomic mass is 19.2. The Balaban J connectivity index is 1.42. The molecule has 1 N–H and O–H groups in total. The summed E-state index contributed by atoms with van der Waals surface area (Å²) in [4.78, 5) is 26.3. The van der Waals surface area contributed by atoms with Gasteiger partial charge in [-0.3, -0.25) is 9.48 Å². The predicted molar refractivity (Wildman–Crippen MR) is 133 cm³/mol. The number of ether oxygens (including phenoxy) is 2. The zero-order valence-electron chi connectivity index (χ0n) is 20.7. The van der Waals surface area contributed by atoms with Crippen LogP contribution in [0.1, 0.15) is 32.0 Å². The average molecular weight is 537 g/mol. The van der Waals surface area contributed by atoms with Gasteiger partial charge in [0.15, 0.2) is 28.9 Å². The topological polar surface area (TPSA) is 93.9 Å². The summed E-state index contributed by atoms with van der Waals surface area (Å²) >= 11 is 0. The van der Waals surface area contributed by atoms with Crippen molar-refractivity contribution in [3.8, 4) is 22.8 Å². The first kappa shape index (κ1) is 25.8. The van der Waals surface area contributed by atoms with E-state index in [2.05, 4.69) is 5.10 Å². The number of fused-ring (bicyclic) bond motifs is 3. The molecule has 8 nitrogen and oxygen atoms in total. The van der Waals surface area contributed by atoms with E-state index < -0.39 is 29.3 Å². The summed E-state index contributed by atoms with van der Waals surface area (Å²) in [7, 11) is 1.60. The zero-order valence-corrected chi connectivity index (χ0v) is 20.7. The standard InChI is InChI=1S/C28H22F3N3O5/c1-33-26-18-12-20(29)21(30)13-24(18)39-15-19(26)25(32-33)27(35)34(14-16-5-3-2-4-6-16)9-10-38-23-8-7-17(28(36)37)11-22(23)31/h2-8,11-13H,9-10,14-15H2,1H3,(H,36,37). The molecule has 1 aliphatic rings. The molecule has 2 heterocycles. The van der Waals surface area contributed by atoms with Crippen LogP contribution in [0.15, 0.2) is 60.7 Å². The number of carbonyl (C=O) groups excluding carboxylic acids is 1. The fourth-order valence-electron chi connectivity index (χ4n) is 4.42. The van der Waals surface area contributed by atoms with Crippen molar-refractivity contribution >= 4 is 11.9 Å². The number of benzene rings is 3. The van der Waals surface area contributed by atoms with Gasteiger partial charge in [-0.05, 0) is 29.8 Å². The lowest BCUT2D eigenvalue weighted by Crippen LogP contribution is -2.35. The third-order valence-electron chi connectivity index (χ3n) is 6.30. The Morgan fingerprint density at radius 3 is 2.51 bits per heavy atom. The second kappa shape index (κ2) is 10.5. The Kier molecular flexibility index (Phi) is 6.97. The minimum atomic E-state index is -1.27. The number of amides is 1. The zero-order chi connectivity index (χ0) is 27.7. The van der Waals surface area contributed by atoms with Crippen molar-refractivity contribution in [2.45, 2.75) is 13.2 Å². The number of rotatable bonds is 8. The van der Waals surface area contributed by atoms with Gasteiger partial charge in [0.05, 0.1) is 17.8 Å². The van der Waals surface area contributed by atoms with E-state index in [1.807, 2.05) is 30.3 Å². The maximum atomic E-state index is 14.3. The Bertz CT molecular complexity index is 1570. The molecule has 0 saturated heterocycles. The summed E-state index contributed by atoms with van der Waals surface area (Å²) < 4.78 is 54.7. The van der Waals surface area contributed by atoms with Crippen LogP contribution in [0.4, 0.5) is 13.2 Å². The third-order valence-corrected chi connectivity index (χ3v) is 6.30. The molecule has 11 heteroatoms. The van der Waals surface area contributed by atoms with Gasteiger partial charge in [-0.2, -0.15) is 5.10 Å². The molecule has 5 rings (SSSR count). The van der Waals surface area contributed by atoms with Crippen molar-refractivity contribution in [3.63, 3.8) is 0 Å². The number of carboxylic acids is 1. The molecule has 3 aromatic carbocycles. The Hall–Kier alpha value is -4.80. The Morgan fingerprint density at radius 1 is 1.05 bits per heavy atom. The van der Waals surface area contributed by atoms with E-state index in [0.717, 1.165) is 23.8 Å². The van der Waals surface area contributed by atoms with Crippen molar-refractivity contribution in [2.75, 3.05) is 13.2 Å². The minimum Gasteiger partial charge on any atom is -0.489 e. The minimum absolute atomic E-state index is 0.0382. The van der Waals surface area contributed by atoms with Gasteiger partial charge in [0.25, 0.3) is 5.91 Å². The van der Waals surface area contributed by atoms with Gasteiger partial charge in [0, 0.05) is 30.8 Å². The van der Waals surface area contributed by atoms with E-state index in [9.17, 15) is 22.8 Å². The van der Waals surface area contributed by atoms with Crippen LogP contribution in [0.5, 0.6) is 11.5 Å². The van der Waals surface area contributed by atoms with Crippen molar-refractivity contribution < 1.29 is 37.3 Å². The highest BCUT2D eigenvalue weighted by Gasteiger charge is 2.31. The normalized spacial score (nSPS) is 11.8. The summed E-state index contributed by atoms with van der Waals surface area (Å²) in [6, 6.07) is 14.5. The van der Waals surface area contributed by atoms with E-state index in [-0.39, 0.29) is 54.6 Å². The molecule has 0 aliphatic carbocycles. The summed E-state index contributed by atoms with van der Waals surface area (Å²) in [5.74, 6) is -4.66. The van der Waals surface area contributed by atoms with Gasteiger partial charge in [0.2, 0.25) is 0 Å². The summed E-state index contributed by atoms with van der Waals surface area (Å²) in [5.41, 5.74) is 1.84. The molecule has 0 saturated carbocycles. The van der Waals surface area contributed by atoms with Crippen molar-refractivity contribution in [1.29, 1.82) is 0 Å². The molecule has 0 unspecified atom stereocenters. The van der Waals surface area contributed by atoms with Crippen molar-refractivity contribution in [1.82, 2.24) is 14.7 Å². The molecule has 0 atom stereocenters. The second-order valence-electron chi connectivity index (χ2n) is 8.86. The lowest BCUT2D eigenvalue weighted by atomic mass is 10.0. The fraction of sp³-hybridized carbons (Fsp3) is 0.179. The smallest absolute Gasteiger partial charge is 0.335 e. The lowest BCUT2D eigenvalue weighted by molar-refractivity contribution is 0.0689. The molecule has 0 fully saturated rings. The second-order valence-corrected chi connectivity index (χ2v) is 8.86. The van der Waals surface area contributed by atoms with Crippen LogP contribution in [0.3, 0.4) is 0 Å². The molecule has 200 valence electrons. The first-order valence-electron chi connectivity index (χ1n) is 11.9. The highest BCUT2D eigenvalue weighted by Crippen LogP contribution is 2.40. The Morgan fingerprint density at radius 2 is 1.79 bits per heavy atom. The molecule has 0 spiro atoms. The molecule has 4 aromatic rings. The van der Waals surface area contributed by atoms with Crippen LogP contribution < -0.4 is 9.47 Å². The summed E-state index contributed by atoms with van der Waals surface area (Å²) in [5, 5.41) is 13.4. The molecule has 39 heavy (non-hydrogen) atoms. The molecular weight excluding hydrogens is 515 g/mol. The van der Waals surface area contributed by atoms with Crippen LogP contribution >= 0.6 is 0 Å². The predicted octanol–water partition coefficient (Wildman–Crippen LogP) is 4.82. The van der Waals surface area contributed by atoms with Crippen LogP contribution in [-0.2, 0) is 20.2 Å². The van der Waals surface area contributed by atoms with Gasteiger partial charge in [-0.1, -0.05) is 30.3 Å². The molecule has 0 radical (unpaired) electrons. The number of carboxylic acid groups (broad SMARTS) is 1. The monoisotopic (exact) mass is 537 g/mol. The number of aromatic carboxylic acids is 1. The SMILES string of the molecule is Cn1nc(C(=O)N(CCOc2ccc(C(=O)O)cc2F)Cc2ccccc2)c2c1-c1cc(F)c(F)cc1OC2. The fourth-order valence-corrected chi connectivity index (χ4v) is 4.42. The summed E-state index contributed by atoms with van der Waals surface area (Å²) in [6.45, 7) is 0.0580. The molecular formula is C28H22F3N3O5. The number of aromatic nitrogens is 2. The maximum absolute atomic E-state index is 14.3. The van der Waals surface area contributed by atoms with Crippen LogP contribution in [0, 0.1) is 17.5 Å². The van der Waals surface area contributed by atoms with E-state index in [4.69, 9.17) is 14.6 Å². The number of carbonyl (C=O) groups is 2. The number of nitrogens with zero attached hydrogens (tertiary/aromatic N) is 3. The largest absolute Gasteiger partial charge is 0.489 e. The lowest BCUT2D eigenvalue weighted by Gasteiger charge is -2.24. The van der Waals surface area contributed by atoms with E-state index >= 15 is 0 Å². The van der Waals surface area contributed by atoms with Gasteiger partial charge in [-0.15, -0.1) is 0 Å². The van der Waals surface area contributed by atoms with Crippen LogP contribution in [-0.4, -0.2) is 44.8 Å². The molecule has 0 bridgehead atoms. The average Bonchev–Trinajstić information content (AvgIpc) is 3.26. The van der Waals surface area contributed by atoms with E-state index in [1.165, 1.54) is 21.7 Å². The third kappa shape index (κ3) is 5.15. The molecule has 1 aliphatic heterocycles. The van der Waals surface area contributed by atoms with Gasteiger partial charge < -0.3 is 19.5 Å². The number of halogens is 3. The highest BCUT2D eigenvalue weighted by molar-refractivity contribution is 5.96. The quantitative estimate of drug-likeness (QED) is 0.347. The number of hydrogen-bond acceptors (Lipinski definition) is 5. The van der Waals surface area contributed by atoms with Crippen LogP contribution in [0.2, 0.25) is 0 Å². The summed E-state index contributed by atoms with van der Waals surface area (Å²) in [6.07, 6.45) is 0. The van der Waals surface area contributed by atoms with Crippen molar-refractivity contribution in [3.05, 3.63) is 100 Å².